The largest absolute Gasteiger partial charge is 0.383 e. The van der Waals surface area contributed by atoms with Crippen molar-refractivity contribution in [2.24, 2.45) is 0 Å². The first-order valence-corrected chi connectivity index (χ1v) is 11.3. The van der Waals surface area contributed by atoms with E-state index in [0.717, 1.165) is 28.6 Å². The number of benzene rings is 2. The van der Waals surface area contributed by atoms with Crippen molar-refractivity contribution in [1.29, 1.82) is 0 Å². The zero-order chi connectivity index (χ0) is 21.1. The number of nitrogens with zero attached hydrogens (tertiary/aromatic N) is 2. The van der Waals surface area contributed by atoms with Crippen LogP contribution in [0, 0.1) is 0 Å². The summed E-state index contributed by atoms with van der Waals surface area (Å²) in [6.07, 6.45) is 4.65. The van der Waals surface area contributed by atoms with Crippen molar-refractivity contribution in [1.82, 2.24) is 9.88 Å². The molecule has 0 saturated carbocycles. The molecule has 1 saturated heterocycles. The molecule has 1 aliphatic rings. The van der Waals surface area contributed by atoms with Crippen LogP contribution in [0.15, 0.2) is 59.6 Å². The number of thioether (sulfide) groups is 1. The molecule has 0 unspecified atom stereocenters. The third-order valence-corrected chi connectivity index (χ3v) is 6.53. The van der Waals surface area contributed by atoms with Gasteiger partial charge in [-0.1, -0.05) is 66.8 Å². The molecule has 1 aliphatic heterocycles. The zero-order valence-electron chi connectivity index (χ0n) is 16.4. The van der Waals surface area contributed by atoms with E-state index in [4.69, 9.17) is 23.8 Å². The van der Waals surface area contributed by atoms with E-state index in [1.165, 1.54) is 17.3 Å². The highest BCUT2D eigenvalue weighted by Gasteiger charge is 2.31. The van der Waals surface area contributed by atoms with Gasteiger partial charge in [-0.3, -0.25) is 14.7 Å². The number of carbonyl (C=O) groups is 1. The molecule has 1 amide bonds. The van der Waals surface area contributed by atoms with E-state index >= 15 is 0 Å². The summed E-state index contributed by atoms with van der Waals surface area (Å²) >= 11 is 12.9. The normalized spacial score (nSPS) is 15.4. The molecule has 30 heavy (non-hydrogen) atoms. The van der Waals surface area contributed by atoms with Crippen LogP contribution in [0.3, 0.4) is 0 Å². The molecule has 152 valence electrons. The average Bonchev–Trinajstić information content (AvgIpc) is 3.01. The van der Waals surface area contributed by atoms with Crippen molar-refractivity contribution in [3.8, 4) is 0 Å². The Kier molecular flexibility index (Phi) is 6.37. The minimum absolute atomic E-state index is 0.0438. The van der Waals surface area contributed by atoms with Gasteiger partial charge in [0.25, 0.3) is 5.91 Å². The van der Waals surface area contributed by atoms with Crippen molar-refractivity contribution in [3.63, 3.8) is 0 Å². The smallest absolute Gasteiger partial charge is 0.266 e. The Morgan fingerprint density at radius 1 is 1.20 bits per heavy atom. The second-order valence-corrected chi connectivity index (χ2v) is 8.99. The van der Waals surface area contributed by atoms with Crippen LogP contribution in [0.1, 0.15) is 18.1 Å². The predicted molar refractivity (Wildman–Crippen MR) is 131 cm³/mol. The van der Waals surface area contributed by atoms with Gasteiger partial charge in [-0.25, -0.2) is 0 Å². The lowest BCUT2D eigenvalue weighted by atomic mass is 10.1. The van der Waals surface area contributed by atoms with Gasteiger partial charge >= 0.3 is 0 Å². The first kappa shape index (κ1) is 20.8. The Balaban J connectivity index is 1.42. The van der Waals surface area contributed by atoms with Gasteiger partial charge in [0.05, 0.1) is 10.4 Å². The summed E-state index contributed by atoms with van der Waals surface area (Å²) in [4.78, 5) is 19.5. The fraction of sp³-hybridized carbons (Fsp3) is 0.174. The third kappa shape index (κ3) is 4.51. The van der Waals surface area contributed by atoms with Gasteiger partial charge in [-0.2, -0.15) is 0 Å². The molecular weight excluding hydrogens is 434 g/mol. The number of aromatic nitrogens is 1. The Bertz CT molecular complexity index is 1140. The SMILES string of the molecule is CCc1ccc(/C=C2\SC(=S)N(CCNc3ccnc4cc(Cl)ccc34)C2=O)cc1. The fourth-order valence-electron chi connectivity index (χ4n) is 3.27. The van der Waals surface area contributed by atoms with Crippen molar-refractivity contribution in [2.75, 3.05) is 18.4 Å². The van der Waals surface area contributed by atoms with Crippen LogP contribution in [0.5, 0.6) is 0 Å². The van der Waals surface area contributed by atoms with Gasteiger partial charge in [-0.05, 0) is 47.9 Å². The van der Waals surface area contributed by atoms with Gasteiger partial charge in [0.15, 0.2) is 0 Å². The number of thiocarbonyl (C=S) groups is 1. The molecule has 2 aromatic carbocycles. The molecule has 1 aromatic heterocycles. The molecule has 0 spiro atoms. The molecule has 3 aromatic rings. The molecule has 1 fully saturated rings. The number of amides is 1. The van der Waals surface area contributed by atoms with Gasteiger partial charge in [0.1, 0.15) is 4.32 Å². The van der Waals surface area contributed by atoms with Gasteiger partial charge < -0.3 is 5.32 Å². The summed E-state index contributed by atoms with van der Waals surface area (Å²) in [5.41, 5.74) is 4.06. The van der Waals surface area contributed by atoms with Crippen LogP contribution in [-0.2, 0) is 11.2 Å². The molecular formula is C23H20ClN3OS2. The van der Waals surface area contributed by atoms with Crippen molar-refractivity contribution in [2.45, 2.75) is 13.3 Å². The van der Waals surface area contributed by atoms with Crippen LogP contribution in [0.25, 0.3) is 17.0 Å². The first-order chi connectivity index (χ1) is 14.5. The quantitative estimate of drug-likeness (QED) is 0.379. The second kappa shape index (κ2) is 9.16. The number of fused-ring (bicyclic) bond motifs is 1. The summed E-state index contributed by atoms with van der Waals surface area (Å²) in [5, 5.41) is 5.03. The maximum atomic E-state index is 12.8. The van der Waals surface area contributed by atoms with E-state index in [2.05, 4.69) is 29.4 Å². The second-order valence-electron chi connectivity index (χ2n) is 6.88. The van der Waals surface area contributed by atoms with E-state index in [-0.39, 0.29) is 5.91 Å². The van der Waals surface area contributed by atoms with E-state index in [1.807, 2.05) is 42.5 Å². The van der Waals surface area contributed by atoms with Crippen molar-refractivity contribution in [3.05, 3.63) is 75.8 Å². The molecule has 4 rings (SSSR count). The number of nitrogens with one attached hydrogen (secondary N) is 1. The summed E-state index contributed by atoms with van der Waals surface area (Å²) in [6.45, 7) is 3.19. The molecule has 1 N–H and O–H groups in total. The number of aryl methyl sites for hydroxylation is 1. The molecule has 2 heterocycles. The van der Waals surface area contributed by atoms with Crippen LogP contribution in [0.4, 0.5) is 5.69 Å². The fourth-order valence-corrected chi connectivity index (χ4v) is 4.75. The highest BCUT2D eigenvalue weighted by atomic mass is 35.5. The molecule has 0 atom stereocenters. The minimum Gasteiger partial charge on any atom is -0.383 e. The van der Waals surface area contributed by atoms with E-state index in [9.17, 15) is 4.79 Å². The zero-order valence-corrected chi connectivity index (χ0v) is 18.8. The highest BCUT2D eigenvalue weighted by molar-refractivity contribution is 8.26. The van der Waals surface area contributed by atoms with Gasteiger partial charge in [0, 0.05) is 35.4 Å². The number of anilines is 1. The van der Waals surface area contributed by atoms with Crippen LogP contribution in [-0.4, -0.2) is 33.2 Å². The molecule has 0 bridgehead atoms. The Hall–Kier alpha value is -2.41. The average molecular weight is 454 g/mol. The Morgan fingerprint density at radius 2 is 2.00 bits per heavy atom. The molecule has 0 radical (unpaired) electrons. The van der Waals surface area contributed by atoms with E-state index in [0.29, 0.717) is 27.3 Å². The van der Waals surface area contributed by atoms with Crippen LogP contribution < -0.4 is 5.32 Å². The number of pyridine rings is 1. The van der Waals surface area contributed by atoms with E-state index < -0.39 is 0 Å². The summed E-state index contributed by atoms with van der Waals surface area (Å²) in [7, 11) is 0. The van der Waals surface area contributed by atoms with Crippen molar-refractivity contribution >= 4 is 68.5 Å². The number of rotatable bonds is 6. The van der Waals surface area contributed by atoms with E-state index in [1.54, 1.807) is 11.1 Å². The number of hydrogen-bond donors (Lipinski definition) is 1. The number of hydrogen-bond acceptors (Lipinski definition) is 5. The van der Waals surface area contributed by atoms with Crippen LogP contribution in [0.2, 0.25) is 5.02 Å². The first-order valence-electron chi connectivity index (χ1n) is 9.67. The maximum Gasteiger partial charge on any atom is 0.266 e. The monoisotopic (exact) mass is 453 g/mol. The summed E-state index contributed by atoms with van der Waals surface area (Å²) in [5.74, 6) is -0.0438. The predicted octanol–water partition coefficient (Wildman–Crippen LogP) is 5.76. The van der Waals surface area contributed by atoms with Crippen molar-refractivity contribution < 1.29 is 4.79 Å². The number of carbonyl (C=O) groups excluding carboxylic acids is 1. The standard InChI is InChI=1S/C23H20ClN3OS2/c1-2-15-3-5-16(6-4-15)13-21-22(28)27(23(29)30-21)12-11-26-19-9-10-25-20-14-17(24)7-8-18(19)20/h3-10,13-14H,2,11-12H2,1H3,(H,25,26)/b21-13-. The Labute approximate surface area is 190 Å². The van der Waals surface area contributed by atoms with Crippen LogP contribution >= 0.6 is 35.6 Å². The lowest BCUT2D eigenvalue weighted by Crippen LogP contribution is -2.32. The number of halogens is 1. The highest BCUT2D eigenvalue weighted by Crippen LogP contribution is 2.32. The lowest BCUT2D eigenvalue weighted by molar-refractivity contribution is -0.122. The minimum atomic E-state index is -0.0438. The topological polar surface area (TPSA) is 45.2 Å². The Morgan fingerprint density at radius 3 is 2.77 bits per heavy atom. The van der Waals surface area contributed by atoms with Gasteiger partial charge in [-0.15, -0.1) is 0 Å². The molecule has 0 aliphatic carbocycles. The maximum absolute atomic E-state index is 12.8. The lowest BCUT2D eigenvalue weighted by Gasteiger charge is -2.16. The summed E-state index contributed by atoms with van der Waals surface area (Å²) in [6, 6.07) is 15.8. The molecule has 7 heteroatoms. The third-order valence-electron chi connectivity index (χ3n) is 4.91. The molecule has 4 nitrogen and oxygen atoms in total. The van der Waals surface area contributed by atoms with Gasteiger partial charge in [0.2, 0.25) is 0 Å². The summed E-state index contributed by atoms with van der Waals surface area (Å²) < 4.78 is 0.588.